The molecule has 0 radical (unpaired) electrons. The zero-order valence-corrected chi connectivity index (χ0v) is 19.9. The Hall–Kier alpha value is -3.65. The van der Waals surface area contributed by atoms with Crippen molar-refractivity contribution >= 4 is 40.6 Å². The number of hydrogen-bond donors (Lipinski definition) is 2. The van der Waals surface area contributed by atoms with Crippen LogP contribution >= 0.6 is 11.3 Å². The molecule has 0 atom stereocenters. The Bertz CT molecular complexity index is 1140. The average molecular weight is 466 g/mol. The van der Waals surface area contributed by atoms with E-state index in [1.165, 1.54) is 16.2 Å². The number of anilines is 2. The molecule has 0 spiro atoms. The fourth-order valence-electron chi connectivity index (χ4n) is 2.97. The SMILES string of the molecule is CN(Cc1cccc(NC(=O)c2cccc(NC(=O)c3cccs3)c2)c1)C(=O)OC(C)(C)C. The summed E-state index contributed by atoms with van der Waals surface area (Å²) in [7, 11) is 1.66. The molecule has 3 amide bonds. The van der Waals surface area contributed by atoms with Crippen LogP contribution in [0.4, 0.5) is 16.2 Å². The number of thiophene rings is 1. The van der Waals surface area contributed by atoms with Gasteiger partial charge in [-0.15, -0.1) is 11.3 Å². The Balaban J connectivity index is 1.64. The van der Waals surface area contributed by atoms with Crippen LogP contribution in [0.2, 0.25) is 0 Å². The molecule has 0 aliphatic carbocycles. The number of hydrogen-bond acceptors (Lipinski definition) is 5. The molecule has 172 valence electrons. The topological polar surface area (TPSA) is 87.7 Å². The van der Waals surface area contributed by atoms with Gasteiger partial charge in [-0.1, -0.05) is 24.3 Å². The second-order valence-electron chi connectivity index (χ2n) is 8.50. The molecule has 0 saturated carbocycles. The molecule has 0 unspecified atom stereocenters. The van der Waals surface area contributed by atoms with Gasteiger partial charge in [0.1, 0.15) is 5.60 Å². The van der Waals surface area contributed by atoms with Crippen molar-refractivity contribution < 1.29 is 19.1 Å². The van der Waals surface area contributed by atoms with Crippen molar-refractivity contribution in [2.75, 3.05) is 17.7 Å². The number of carbonyl (C=O) groups is 3. The number of nitrogens with zero attached hydrogens (tertiary/aromatic N) is 1. The number of carbonyl (C=O) groups excluding carboxylic acids is 3. The lowest BCUT2D eigenvalue weighted by Crippen LogP contribution is -2.33. The molecule has 3 rings (SSSR count). The van der Waals surface area contributed by atoms with Gasteiger partial charge in [-0.25, -0.2) is 4.79 Å². The Labute approximate surface area is 197 Å². The van der Waals surface area contributed by atoms with E-state index in [9.17, 15) is 14.4 Å². The summed E-state index contributed by atoms with van der Waals surface area (Å²) in [4.78, 5) is 39.3. The van der Waals surface area contributed by atoms with Gasteiger partial charge < -0.3 is 20.3 Å². The molecule has 0 fully saturated rings. The van der Waals surface area contributed by atoms with Crippen LogP contribution in [-0.2, 0) is 11.3 Å². The van der Waals surface area contributed by atoms with Gasteiger partial charge in [0.2, 0.25) is 0 Å². The molecule has 1 aromatic heterocycles. The van der Waals surface area contributed by atoms with Gasteiger partial charge >= 0.3 is 6.09 Å². The number of rotatable bonds is 6. The van der Waals surface area contributed by atoms with Crippen LogP contribution in [-0.4, -0.2) is 35.5 Å². The molecule has 0 aliphatic rings. The van der Waals surface area contributed by atoms with Crippen molar-refractivity contribution in [1.82, 2.24) is 4.90 Å². The van der Waals surface area contributed by atoms with Crippen molar-refractivity contribution in [3.8, 4) is 0 Å². The van der Waals surface area contributed by atoms with Crippen molar-refractivity contribution in [1.29, 1.82) is 0 Å². The molecule has 33 heavy (non-hydrogen) atoms. The third-order valence-corrected chi connectivity index (χ3v) is 5.31. The summed E-state index contributed by atoms with van der Waals surface area (Å²) in [6, 6.07) is 17.6. The zero-order chi connectivity index (χ0) is 24.0. The van der Waals surface area contributed by atoms with E-state index in [1.807, 2.05) is 44.4 Å². The Morgan fingerprint density at radius 3 is 2.24 bits per heavy atom. The summed E-state index contributed by atoms with van der Waals surface area (Å²) >= 11 is 1.35. The Kier molecular flexibility index (Phi) is 7.50. The highest BCUT2D eigenvalue weighted by atomic mass is 32.1. The molecule has 0 bridgehead atoms. The first-order chi connectivity index (χ1) is 15.6. The van der Waals surface area contributed by atoms with Gasteiger partial charge in [0.05, 0.1) is 4.88 Å². The second kappa shape index (κ2) is 10.3. The largest absolute Gasteiger partial charge is 0.444 e. The lowest BCUT2D eigenvalue weighted by Gasteiger charge is -2.24. The molecular formula is C25H27N3O4S. The van der Waals surface area contributed by atoms with E-state index in [0.29, 0.717) is 28.4 Å². The van der Waals surface area contributed by atoms with Crippen LogP contribution < -0.4 is 10.6 Å². The molecule has 7 nitrogen and oxygen atoms in total. The lowest BCUT2D eigenvalue weighted by molar-refractivity contribution is 0.0285. The van der Waals surface area contributed by atoms with Gasteiger partial charge in [-0.05, 0) is 68.1 Å². The predicted molar refractivity (Wildman–Crippen MR) is 131 cm³/mol. The maximum atomic E-state index is 12.8. The summed E-state index contributed by atoms with van der Waals surface area (Å²) in [5.74, 6) is -0.524. The number of ether oxygens (including phenoxy) is 1. The second-order valence-corrected chi connectivity index (χ2v) is 9.45. The highest BCUT2D eigenvalue weighted by molar-refractivity contribution is 7.12. The van der Waals surface area contributed by atoms with Gasteiger partial charge in [0, 0.05) is 30.5 Å². The third kappa shape index (κ3) is 7.18. The van der Waals surface area contributed by atoms with Crippen LogP contribution in [0.3, 0.4) is 0 Å². The van der Waals surface area contributed by atoms with Crippen LogP contribution in [0.5, 0.6) is 0 Å². The molecule has 2 aromatic carbocycles. The normalized spacial score (nSPS) is 10.9. The fourth-order valence-corrected chi connectivity index (χ4v) is 3.59. The molecule has 0 aliphatic heterocycles. The minimum absolute atomic E-state index is 0.218. The molecule has 1 heterocycles. The van der Waals surface area contributed by atoms with E-state index >= 15 is 0 Å². The van der Waals surface area contributed by atoms with Gasteiger partial charge in [0.15, 0.2) is 0 Å². The summed E-state index contributed by atoms with van der Waals surface area (Å²) in [5, 5.41) is 7.50. The first-order valence-electron chi connectivity index (χ1n) is 10.4. The minimum atomic E-state index is -0.570. The summed E-state index contributed by atoms with van der Waals surface area (Å²) < 4.78 is 5.37. The number of nitrogens with one attached hydrogen (secondary N) is 2. The number of amides is 3. The Morgan fingerprint density at radius 2 is 1.58 bits per heavy atom. The smallest absolute Gasteiger partial charge is 0.410 e. The maximum absolute atomic E-state index is 12.8. The first-order valence-corrected chi connectivity index (χ1v) is 11.3. The van der Waals surface area contributed by atoms with E-state index in [4.69, 9.17) is 4.74 Å². The van der Waals surface area contributed by atoms with Gasteiger partial charge in [-0.2, -0.15) is 0 Å². The summed E-state index contributed by atoms with van der Waals surface area (Å²) in [6.07, 6.45) is -0.418. The highest BCUT2D eigenvalue weighted by Gasteiger charge is 2.19. The van der Waals surface area contributed by atoms with E-state index < -0.39 is 11.7 Å². The van der Waals surface area contributed by atoms with E-state index in [0.717, 1.165) is 5.56 Å². The lowest BCUT2D eigenvalue weighted by atomic mass is 10.1. The molecule has 3 aromatic rings. The molecule has 8 heteroatoms. The molecular weight excluding hydrogens is 438 g/mol. The van der Waals surface area contributed by atoms with Crippen LogP contribution in [0.15, 0.2) is 66.0 Å². The summed E-state index contributed by atoms with van der Waals surface area (Å²) in [6.45, 7) is 5.79. The standard InChI is InChI=1S/C25H27N3O4S/c1-25(2,3)32-24(31)28(4)16-17-8-5-10-19(14-17)26-22(29)18-9-6-11-20(15-18)27-23(30)21-12-7-13-33-21/h5-15H,16H2,1-4H3,(H,26,29)(H,27,30). The highest BCUT2D eigenvalue weighted by Crippen LogP contribution is 2.18. The van der Waals surface area contributed by atoms with Crippen LogP contribution in [0, 0.1) is 0 Å². The van der Waals surface area contributed by atoms with Crippen molar-refractivity contribution in [2.45, 2.75) is 32.9 Å². The minimum Gasteiger partial charge on any atom is -0.444 e. The van der Waals surface area contributed by atoms with E-state index in [1.54, 1.807) is 49.5 Å². The Morgan fingerprint density at radius 1 is 0.909 bits per heavy atom. The predicted octanol–water partition coefficient (Wildman–Crippen LogP) is 5.62. The van der Waals surface area contributed by atoms with Crippen molar-refractivity contribution in [3.63, 3.8) is 0 Å². The number of benzene rings is 2. The van der Waals surface area contributed by atoms with Gasteiger partial charge in [0.25, 0.3) is 11.8 Å². The molecule has 2 N–H and O–H groups in total. The fraction of sp³-hybridized carbons (Fsp3) is 0.240. The quantitative estimate of drug-likeness (QED) is 0.495. The maximum Gasteiger partial charge on any atom is 0.410 e. The zero-order valence-electron chi connectivity index (χ0n) is 19.0. The van der Waals surface area contributed by atoms with E-state index in [2.05, 4.69) is 10.6 Å². The third-order valence-electron chi connectivity index (χ3n) is 4.44. The average Bonchev–Trinajstić information content (AvgIpc) is 3.28. The molecule has 0 saturated heterocycles. The summed E-state index contributed by atoms with van der Waals surface area (Å²) in [5.41, 5.74) is 1.82. The van der Waals surface area contributed by atoms with Gasteiger partial charge in [-0.3, -0.25) is 9.59 Å². The van der Waals surface area contributed by atoms with Crippen LogP contribution in [0.1, 0.15) is 46.4 Å². The van der Waals surface area contributed by atoms with E-state index in [-0.39, 0.29) is 11.8 Å². The monoisotopic (exact) mass is 465 g/mol. The first kappa shape index (κ1) is 24.0. The van der Waals surface area contributed by atoms with Crippen molar-refractivity contribution in [2.24, 2.45) is 0 Å². The van der Waals surface area contributed by atoms with Crippen molar-refractivity contribution in [3.05, 3.63) is 82.0 Å². The van der Waals surface area contributed by atoms with Crippen LogP contribution in [0.25, 0.3) is 0 Å².